The predicted octanol–water partition coefficient (Wildman–Crippen LogP) is 2.48. The molecule has 1 aromatic rings. The molecule has 2 aliphatic rings. The lowest BCUT2D eigenvalue weighted by molar-refractivity contribution is -0.117. The van der Waals surface area contributed by atoms with Gasteiger partial charge in [0.15, 0.2) is 0 Å². The van der Waals surface area contributed by atoms with Gasteiger partial charge in [0.05, 0.1) is 6.61 Å². The normalized spacial score (nSPS) is 20.4. The van der Waals surface area contributed by atoms with Gasteiger partial charge >= 0.3 is 6.03 Å². The molecule has 2 saturated heterocycles. The van der Waals surface area contributed by atoms with Gasteiger partial charge in [-0.05, 0) is 56.8 Å². The number of aliphatic hydroxyl groups excluding tert-OH is 1. The molecule has 2 heterocycles. The van der Waals surface area contributed by atoms with Crippen molar-refractivity contribution in [2.24, 2.45) is 0 Å². The zero-order chi connectivity index (χ0) is 19.9. The van der Waals surface area contributed by atoms with Crippen molar-refractivity contribution in [1.29, 1.82) is 0 Å². The summed E-state index contributed by atoms with van der Waals surface area (Å²) in [5.41, 5.74) is 2.59. The number of nitrogens with one attached hydrogen (secondary N) is 2. The summed E-state index contributed by atoms with van der Waals surface area (Å²) in [7, 11) is 0. The molecule has 0 bridgehead atoms. The second kappa shape index (κ2) is 9.89. The van der Waals surface area contributed by atoms with Crippen molar-refractivity contribution >= 4 is 23.3 Å². The highest BCUT2D eigenvalue weighted by Gasteiger charge is 2.23. The number of carbonyl (C=O) groups is 2. The highest BCUT2D eigenvalue weighted by atomic mass is 16.3. The predicted molar refractivity (Wildman–Crippen MR) is 111 cm³/mol. The molecule has 0 aromatic heterocycles. The molecule has 2 fully saturated rings. The molecule has 7 nitrogen and oxygen atoms in total. The minimum absolute atomic E-state index is 0.142. The van der Waals surface area contributed by atoms with Crippen molar-refractivity contribution in [3.63, 3.8) is 0 Å². The first kappa shape index (κ1) is 20.6. The molecule has 0 saturated carbocycles. The zero-order valence-corrected chi connectivity index (χ0v) is 16.7. The standard InChI is InChI=1S/C21H32N4O3/c1-16-8-9-17(14-19(16)25-13-4-7-20(25)27)23-21(28)22-10-5-12-24-11-3-2-6-18(24)15-26/h8-9,14,18,26H,2-7,10-13,15H2,1H3,(H2,22,23,28)/t18-/m0/s1. The van der Waals surface area contributed by atoms with Crippen LogP contribution < -0.4 is 15.5 Å². The number of amides is 3. The quantitative estimate of drug-likeness (QED) is 0.627. The molecule has 154 valence electrons. The number of carbonyl (C=O) groups excluding carboxylic acids is 2. The van der Waals surface area contributed by atoms with Crippen molar-refractivity contribution < 1.29 is 14.7 Å². The molecular formula is C21H32N4O3. The summed E-state index contributed by atoms with van der Waals surface area (Å²) in [5, 5.41) is 15.2. The number of rotatable bonds is 7. The lowest BCUT2D eigenvalue weighted by Gasteiger charge is -2.34. The number of benzene rings is 1. The van der Waals surface area contributed by atoms with Gasteiger partial charge in [0.25, 0.3) is 0 Å². The van der Waals surface area contributed by atoms with E-state index in [1.54, 1.807) is 4.90 Å². The third kappa shape index (κ3) is 5.23. The zero-order valence-electron chi connectivity index (χ0n) is 16.7. The molecular weight excluding hydrogens is 356 g/mol. The molecule has 3 N–H and O–H groups in total. The van der Waals surface area contributed by atoms with Crippen LogP contribution in [0.4, 0.5) is 16.2 Å². The van der Waals surface area contributed by atoms with Gasteiger partial charge in [-0.25, -0.2) is 4.79 Å². The molecule has 0 aliphatic carbocycles. The first-order valence-corrected chi connectivity index (χ1v) is 10.4. The van der Waals surface area contributed by atoms with E-state index in [-0.39, 0.29) is 24.6 Å². The van der Waals surface area contributed by atoms with Crippen LogP contribution in [0, 0.1) is 6.92 Å². The Morgan fingerprint density at radius 3 is 2.86 bits per heavy atom. The van der Waals surface area contributed by atoms with E-state index < -0.39 is 0 Å². The van der Waals surface area contributed by atoms with Crippen molar-refractivity contribution in [3.05, 3.63) is 23.8 Å². The molecule has 3 rings (SSSR count). The van der Waals surface area contributed by atoms with E-state index in [4.69, 9.17) is 0 Å². The number of aliphatic hydroxyl groups is 1. The van der Waals surface area contributed by atoms with Crippen LogP contribution in [0.3, 0.4) is 0 Å². The van der Waals surface area contributed by atoms with Gasteiger partial charge in [-0.1, -0.05) is 12.5 Å². The van der Waals surface area contributed by atoms with Crippen molar-refractivity contribution in [1.82, 2.24) is 10.2 Å². The number of hydrogen-bond acceptors (Lipinski definition) is 4. The lowest BCUT2D eigenvalue weighted by atomic mass is 10.0. The molecule has 2 aliphatic heterocycles. The summed E-state index contributed by atoms with van der Waals surface area (Å²) in [6, 6.07) is 5.69. The Bertz CT molecular complexity index is 694. The fourth-order valence-corrected chi connectivity index (χ4v) is 4.10. The summed E-state index contributed by atoms with van der Waals surface area (Å²) in [6.45, 7) is 5.43. The van der Waals surface area contributed by atoms with E-state index in [0.717, 1.165) is 50.1 Å². The lowest BCUT2D eigenvalue weighted by Crippen LogP contribution is -2.43. The maximum absolute atomic E-state index is 12.2. The average Bonchev–Trinajstić information content (AvgIpc) is 3.12. The largest absolute Gasteiger partial charge is 0.395 e. The molecule has 0 unspecified atom stereocenters. The third-order valence-corrected chi connectivity index (χ3v) is 5.70. The van der Waals surface area contributed by atoms with E-state index in [0.29, 0.717) is 18.7 Å². The van der Waals surface area contributed by atoms with E-state index in [1.807, 2.05) is 25.1 Å². The summed E-state index contributed by atoms with van der Waals surface area (Å²) in [6.07, 6.45) is 5.74. The number of likely N-dealkylation sites (tertiary alicyclic amines) is 1. The number of anilines is 2. The number of nitrogens with zero attached hydrogens (tertiary/aromatic N) is 2. The van der Waals surface area contributed by atoms with Gasteiger partial charge in [0.2, 0.25) is 5.91 Å². The van der Waals surface area contributed by atoms with Crippen LogP contribution in [0.5, 0.6) is 0 Å². The molecule has 1 aromatic carbocycles. The van der Waals surface area contributed by atoms with E-state index in [1.165, 1.54) is 12.8 Å². The fraction of sp³-hybridized carbons (Fsp3) is 0.619. The number of aryl methyl sites for hydroxylation is 1. The van der Waals surface area contributed by atoms with Crippen LogP contribution in [0.1, 0.15) is 44.1 Å². The minimum atomic E-state index is -0.236. The summed E-state index contributed by atoms with van der Waals surface area (Å²) >= 11 is 0. The average molecular weight is 389 g/mol. The maximum Gasteiger partial charge on any atom is 0.319 e. The third-order valence-electron chi connectivity index (χ3n) is 5.70. The second-order valence-corrected chi connectivity index (χ2v) is 7.75. The summed E-state index contributed by atoms with van der Waals surface area (Å²) in [4.78, 5) is 28.3. The Hall–Kier alpha value is -2.12. The van der Waals surface area contributed by atoms with Gasteiger partial charge < -0.3 is 20.6 Å². The molecule has 3 amide bonds. The first-order chi connectivity index (χ1) is 13.6. The van der Waals surface area contributed by atoms with Crippen molar-refractivity contribution in [3.8, 4) is 0 Å². The summed E-state index contributed by atoms with van der Waals surface area (Å²) in [5.74, 6) is 0.142. The Labute approximate surface area is 167 Å². The SMILES string of the molecule is Cc1ccc(NC(=O)NCCCN2CCCC[C@H]2CO)cc1N1CCCC1=O. The number of hydrogen-bond donors (Lipinski definition) is 3. The Balaban J connectivity index is 1.45. The molecule has 1 atom stereocenters. The molecule has 28 heavy (non-hydrogen) atoms. The van der Waals surface area contributed by atoms with E-state index in [2.05, 4.69) is 15.5 Å². The van der Waals surface area contributed by atoms with Crippen LogP contribution in [0.25, 0.3) is 0 Å². The van der Waals surface area contributed by atoms with Crippen LogP contribution in [-0.2, 0) is 4.79 Å². The van der Waals surface area contributed by atoms with Crippen LogP contribution >= 0.6 is 0 Å². The van der Waals surface area contributed by atoms with Crippen LogP contribution in [0.2, 0.25) is 0 Å². The van der Waals surface area contributed by atoms with Gasteiger partial charge in [0, 0.05) is 43.5 Å². The minimum Gasteiger partial charge on any atom is -0.395 e. The van der Waals surface area contributed by atoms with Crippen LogP contribution in [-0.4, -0.2) is 60.8 Å². The first-order valence-electron chi connectivity index (χ1n) is 10.4. The number of piperidine rings is 1. The Kier molecular flexibility index (Phi) is 7.28. The second-order valence-electron chi connectivity index (χ2n) is 7.75. The van der Waals surface area contributed by atoms with Gasteiger partial charge in [-0.2, -0.15) is 0 Å². The van der Waals surface area contributed by atoms with Gasteiger partial charge in [-0.3, -0.25) is 9.69 Å². The summed E-state index contributed by atoms with van der Waals surface area (Å²) < 4.78 is 0. The van der Waals surface area contributed by atoms with Gasteiger partial charge in [-0.15, -0.1) is 0 Å². The van der Waals surface area contributed by atoms with Crippen LogP contribution in [0.15, 0.2) is 18.2 Å². The topological polar surface area (TPSA) is 84.9 Å². The molecule has 7 heteroatoms. The number of urea groups is 1. The fourth-order valence-electron chi connectivity index (χ4n) is 4.10. The van der Waals surface area contributed by atoms with Crippen molar-refractivity contribution in [2.75, 3.05) is 43.0 Å². The van der Waals surface area contributed by atoms with E-state index >= 15 is 0 Å². The molecule has 0 spiro atoms. The van der Waals surface area contributed by atoms with Crippen molar-refractivity contribution in [2.45, 2.75) is 51.5 Å². The highest BCUT2D eigenvalue weighted by Crippen LogP contribution is 2.28. The monoisotopic (exact) mass is 388 g/mol. The molecule has 0 radical (unpaired) electrons. The smallest absolute Gasteiger partial charge is 0.319 e. The van der Waals surface area contributed by atoms with Gasteiger partial charge in [0.1, 0.15) is 0 Å². The van der Waals surface area contributed by atoms with E-state index in [9.17, 15) is 14.7 Å². The maximum atomic E-state index is 12.2. The Morgan fingerprint density at radius 1 is 1.25 bits per heavy atom. The highest BCUT2D eigenvalue weighted by molar-refractivity contribution is 5.97. The Morgan fingerprint density at radius 2 is 2.11 bits per heavy atom.